The van der Waals surface area contributed by atoms with Gasteiger partial charge in [-0.15, -0.1) is 0 Å². The van der Waals surface area contributed by atoms with Gasteiger partial charge in [-0.3, -0.25) is 9.78 Å². The zero-order valence-corrected chi connectivity index (χ0v) is 11.1. The van der Waals surface area contributed by atoms with Crippen LogP contribution in [-0.4, -0.2) is 25.0 Å². The third-order valence-electron chi connectivity index (χ3n) is 2.80. The second kappa shape index (κ2) is 5.52. The van der Waals surface area contributed by atoms with Crippen molar-refractivity contribution in [2.45, 2.75) is 6.92 Å². The van der Waals surface area contributed by atoms with Crippen LogP contribution < -0.4 is 9.47 Å². The minimum Gasteiger partial charge on any atom is -0.493 e. The van der Waals surface area contributed by atoms with Crippen LogP contribution >= 0.6 is 0 Å². The van der Waals surface area contributed by atoms with E-state index in [0.717, 1.165) is 5.56 Å². The highest BCUT2D eigenvalue weighted by molar-refractivity contribution is 6.10. The van der Waals surface area contributed by atoms with Crippen molar-refractivity contribution in [3.8, 4) is 11.5 Å². The molecule has 0 bridgehead atoms. The summed E-state index contributed by atoms with van der Waals surface area (Å²) in [5.74, 6) is 0.777. The summed E-state index contributed by atoms with van der Waals surface area (Å²) in [5, 5.41) is 0. The summed E-state index contributed by atoms with van der Waals surface area (Å²) >= 11 is 0. The van der Waals surface area contributed by atoms with Crippen LogP contribution in [-0.2, 0) is 0 Å². The SMILES string of the molecule is COc1cccc(C(=O)c2cc(C)ccn2)c1OC. The zero-order valence-electron chi connectivity index (χ0n) is 11.1. The lowest BCUT2D eigenvalue weighted by Crippen LogP contribution is -2.07. The Morgan fingerprint density at radius 3 is 2.58 bits per heavy atom. The maximum Gasteiger partial charge on any atom is 0.215 e. The predicted molar refractivity (Wildman–Crippen MR) is 72.0 cm³/mol. The Hall–Kier alpha value is -2.36. The number of ether oxygens (including phenoxy) is 2. The van der Waals surface area contributed by atoms with E-state index in [0.29, 0.717) is 22.8 Å². The van der Waals surface area contributed by atoms with Gasteiger partial charge in [-0.05, 0) is 36.8 Å². The number of carbonyl (C=O) groups is 1. The molecule has 0 aliphatic heterocycles. The molecular formula is C15H15NO3. The maximum atomic E-state index is 12.4. The van der Waals surface area contributed by atoms with Gasteiger partial charge in [0.1, 0.15) is 5.69 Å². The molecule has 0 aliphatic carbocycles. The van der Waals surface area contributed by atoms with Crippen LogP contribution in [0.15, 0.2) is 36.5 Å². The number of ketones is 1. The van der Waals surface area contributed by atoms with Gasteiger partial charge >= 0.3 is 0 Å². The number of pyridine rings is 1. The van der Waals surface area contributed by atoms with Gasteiger partial charge in [0.25, 0.3) is 0 Å². The summed E-state index contributed by atoms with van der Waals surface area (Å²) in [6.45, 7) is 1.92. The summed E-state index contributed by atoms with van der Waals surface area (Å²) in [6, 6.07) is 8.80. The Morgan fingerprint density at radius 2 is 1.95 bits per heavy atom. The van der Waals surface area contributed by atoms with E-state index in [1.54, 1.807) is 30.5 Å². The fourth-order valence-electron chi connectivity index (χ4n) is 1.86. The van der Waals surface area contributed by atoms with Gasteiger partial charge in [0, 0.05) is 6.20 Å². The quantitative estimate of drug-likeness (QED) is 0.790. The van der Waals surface area contributed by atoms with Crippen LogP contribution in [0.4, 0.5) is 0 Å². The highest BCUT2D eigenvalue weighted by Crippen LogP contribution is 2.31. The Balaban J connectivity index is 2.50. The summed E-state index contributed by atoms with van der Waals surface area (Å²) in [5.41, 5.74) is 1.83. The average molecular weight is 257 g/mol. The fraction of sp³-hybridized carbons (Fsp3) is 0.200. The van der Waals surface area contributed by atoms with Crippen molar-refractivity contribution < 1.29 is 14.3 Å². The van der Waals surface area contributed by atoms with E-state index < -0.39 is 0 Å². The topological polar surface area (TPSA) is 48.4 Å². The number of rotatable bonds is 4. The lowest BCUT2D eigenvalue weighted by molar-refractivity contribution is 0.103. The van der Waals surface area contributed by atoms with E-state index in [1.807, 2.05) is 13.0 Å². The Morgan fingerprint density at radius 1 is 1.16 bits per heavy atom. The van der Waals surface area contributed by atoms with Crippen LogP contribution in [0.1, 0.15) is 21.6 Å². The molecule has 0 atom stereocenters. The molecule has 4 heteroatoms. The van der Waals surface area contributed by atoms with Crippen LogP contribution in [0.3, 0.4) is 0 Å². The summed E-state index contributed by atoms with van der Waals surface area (Å²) in [6.07, 6.45) is 1.62. The second-order valence-corrected chi connectivity index (χ2v) is 4.09. The molecule has 2 rings (SSSR count). The summed E-state index contributed by atoms with van der Waals surface area (Å²) in [7, 11) is 3.05. The molecule has 0 aliphatic rings. The molecular weight excluding hydrogens is 242 g/mol. The van der Waals surface area contributed by atoms with Gasteiger partial charge in [0.15, 0.2) is 11.5 Å². The highest BCUT2D eigenvalue weighted by Gasteiger charge is 2.18. The summed E-state index contributed by atoms with van der Waals surface area (Å²) < 4.78 is 10.5. The molecule has 1 aromatic heterocycles. The Labute approximate surface area is 112 Å². The molecule has 19 heavy (non-hydrogen) atoms. The number of carbonyl (C=O) groups excluding carboxylic acids is 1. The summed E-state index contributed by atoms with van der Waals surface area (Å²) in [4.78, 5) is 16.5. The first-order valence-corrected chi connectivity index (χ1v) is 5.85. The van der Waals surface area contributed by atoms with E-state index in [1.165, 1.54) is 14.2 Å². The van der Waals surface area contributed by atoms with Crippen LogP contribution in [0.25, 0.3) is 0 Å². The lowest BCUT2D eigenvalue weighted by Gasteiger charge is -2.11. The number of aromatic nitrogens is 1. The molecule has 4 nitrogen and oxygen atoms in total. The second-order valence-electron chi connectivity index (χ2n) is 4.09. The third kappa shape index (κ3) is 2.57. The van der Waals surface area contributed by atoms with E-state index in [4.69, 9.17) is 9.47 Å². The van der Waals surface area contributed by atoms with Crippen molar-refractivity contribution >= 4 is 5.78 Å². The largest absolute Gasteiger partial charge is 0.493 e. The first kappa shape index (κ1) is 13.1. The zero-order chi connectivity index (χ0) is 13.8. The van der Waals surface area contributed by atoms with Crippen LogP contribution in [0, 0.1) is 6.92 Å². The number of benzene rings is 1. The monoisotopic (exact) mass is 257 g/mol. The highest BCUT2D eigenvalue weighted by atomic mass is 16.5. The van der Waals surface area contributed by atoms with E-state index >= 15 is 0 Å². The van der Waals surface area contributed by atoms with Crippen molar-refractivity contribution in [1.82, 2.24) is 4.98 Å². The molecule has 2 aromatic rings. The number of nitrogens with zero attached hydrogens (tertiary/aromatic N) is 1. The Bertz CT molecular complexity index is 608. The van der Waals surface area contributed by atoms with Gasteiger partial charge in [0.05, 0.1) is 19.8 Å². The van der Waals surface area contributed by atoms with Crippen molar-refractivity contribution in [3.05, 3.63) is 53.3 Å². The number of hydrogen-bond donors (Lipinski definition) is 0. The Kier molecular flexibility index (Phi) is 3.80. The number of hydrogen-bond acceptors (Lipinski definition) is 4. The molecule has 1 heterocycles. The fourth-order valence-corrected chi connectivity index (χ4v) is 1.86. The smallest absolute Gasteiger partial charge is 0.215 e. The number of aryl methyl sites for hydroxylation is 1. The molecule has 0 saturated carbocycles. The minimum atomic E-state index is -0.181. The van der Waals surface area contributed by atoms with Gasteiger partial charge in [0.2, 0.25) is 5.78 Å². The van der Waals surface area contributed by atoms with Gasteiger partial charge < -0.3 is 9.47 Å². The molecule has 0 radical (unpaired) electrons. The third-order valence-corrected chi connectivity index (χ3v) is 2.80. The first-order valence-electron chi connectivity index (χ1n) is 5.85. The molecule has 0 fully saturated rings. The first-order chi connectivity index (χ1) is 9.17. The predicted octanol–water partition coefficient (Wildman–Crippen LogP) is 2.64. The molecule has 0 amide bonds. The van der Waals surface area contributed by atoms with Crippen LogP contribution in [0.2, 0.25) is 0 Å². The number of methoxy groups -OCH3 is 2. The minimum absolute atomic E-state index is 0.181. The molecule has 1 aromatic carbocycles. The molecule has 0 unspecified atom stereocenters. The standard InChI is InChI=1S/C15H15NO3/c1-10-7-8-16-12(9-10)14(17)11-5-4-6-13(18-2)15(11)19-3/h4-9H,1-3H3. The average Bonchev–Trinajstić information content (AvgIpc) is 2.45. The molecule has 0 saturated heterocycles. The van der Waals surface area contributed by atoms with Gasteiger partial charge in [-0.1, -0.05) is 6.07 Å². The van der Waals surface area contributed by atoms with Gasteiger partial charge in [-0.25, -0.2) is 0 Å². The van der Waals surface area contributed by atoms with Crippen molar-refractivity contribution in [1.29, 1.82) is 0 Å². The molecule has 0 spiro atoms. The van der Waals surface area contributed by atoms with Crippen molar-refractivity contribution in [2.75, 3.05) is 14.2 Å². The van der Waals surface area contributed by atoms with Crippen LogP contribution in [0.5, 0.6) is 11.5 Å². The molecule has 98 valence electrons. The normalized spacial score (nSPS) is 10.1. The maximum absolute atomic E-state index is 12.4. The van der Waals surface area contributed by atoms with Gasteiger partial charge in [-0.2, -0.15) is 0 Å². The van der Waals surface area contributed by atoms with Crippen molar-refractivity contribution in [3.63, 3.8) is 0 Å². The van der Waals surface area contributed by atoms with Crippen molar-refractivity contribution in [2.24, 2.45) is 0 Å². The van der Waals surface area contributed by atoms with E-state index in [2.05, 4.69) is 4.98 Å². The van der Waals surface area contributed by atoms with E-state index in [9.17, 15) is 4.79 Å². The number of para-hydroxylation sites is 1. The van der Waals surface area contributed by atoms with E-state index in [-0.39, 0.29) is 5.78 Å². The lowest BCUT2D eigenvalue weighted by atomic mass is 10.0. The molecule has 0 N–H and O–H groups in total.